The molecule has 4 aromatic heterocycles. The van der Waals surface area contributed by atoms with E-state index in [4.69, 9.17) is 25.5 Å². The lowest BCUT2D eigenvalue weighted by molar-refractivity contribution is 0.0160. The first-order valence-electron chi connectivity index (χ1n) is 12.7. The van der Waals surface area contributed by atoms with Crippen LogP contribution in [-0.2, 0) is 4.74 Å². The average molecular weight is 518 g/mol. The summed E-state index contributed by atoms with van der Waals surface area (Å²) in [5, 5.41) is 13.9. The predicted molar refractivity (Wildman–Crippen MR) is 148 cm³/mol. The highest BCUT2D eigenvalue weighted by Crippen LogP contribution is 2.32. The fraction of sp³-hybridized carbons (Fsp3) is 0.385. The van der Waals surface area contributed by atoms with Crippen molar-refractivity contribution in [2.75, 3.05) is 35.6 Å². The van der Waals surface area contributed by atoms with Crippen LogP contribution in [0.2, 0.25) is 0 Å². The van der Waals surface area contributed by atoms with Crippen LogP contribution in [0.5, 0.6) is 0 Å². The first-order chi connectivity index (χ1) is 18.0. The number of aromatic nitrogens is 6. The van der Waals surface area contributed by atoms with Crippen LogP contribution in [0.3, 0.4) is 0 Å². The number of ether oxygens (including phenoxy) is 1. The number of pyridine rings is 1. The number of piperidine rings is 1. The van der Waals surface area contributed by atoms with E-state index in [1.807, 2.05) is 59.7 Å². The third kappa shape index (κ3) is 4.60. The van der Waals surface area contributed by atoms with Crippen LogP contribution in [0.25, 0.3) is 27.0 Å². The van der Waals surface area contributed by atoms with Gasteiger partial charge in [-0.05, 0) is 63.9 Å². The number of benzene rings is 1. The van der Waals surface area contributed by atoms with Crippen molar-refractivity contribution in [2.45, 2.75) is 45.9 Å². The minimum atomic E-state index is -0.110. The van der Waals surface area contributed by atoms with Crippen molar-refractivity contribution in [3.05, 3.63) is 48.4 Å². The molecule has 0 saturated carbocycles. The Morgan fingerprint density at radius 2 is 2.14 bits per heavy atom. The summed E-state index contributed by atoms with van der Waals surface area (Å²) >= 11 is 1.71. The Bertz CT molecular complexity index is 1550. The topological polar surface area (TPSA) is 111 Å². The Kier molecular flexibility index (Phi) is 6.17. The van der Waals surface area contributed by atoms with Crippen molar-refractivity contribution in [1.29, 1.82) is 0 Å². The van der Waals surface area contributed by atoms with Gasteiger partial charge in [0.2, 0.25) is 5.95 Å². The second-order valence-corrected chi connectivity index (χ2v) is 10.5. The Labute approximate surface area is 219 Å². The van der Waals surface area contributed by atoms with Gasteiger partial charge in [-0.1, -0.05) is 11.3 Å². The number of nitrogens with zero attached hydrogens (tertiary/aromatic N) is 7. The van der Waals surface area contributed by atoms with E-state index in [0.717, 1.165) is 69.4 Å². The summed E-state index contributed by atoms with van der Waals surface area (Å²) in [5.74, 6) is 0.643. The van der Waals surface area contributed by atoms with E-state index in [-0.39, 0.29) is 12.3 Å². The molecule has 1 fully saturated rings. The zero-order valence-corrected chi connectivity index (χ0v) is 22.1. The summed E-state index contributed by atoms with van der Waals surface area (Å²) in [6.07, 6.45) is 5.91. The molecule has 37 heavy (non-hydrogen) atoms. The highest BCUT2D eigenvalue weighted by Gasteiger charge is 2.24. The van der Waals surface area contributed by atoms with Crippen LogP contribution in [0.15, 0.2) is 42.7 Å². The van der Waals surface area contributed by atoms with Gasteiger partial charge in [-0.2, -0.15) is 10.1 Å². The van der Waals surface area contributed by atoms with E-state index in [0.29, 0.717) is 12.6 Å². The zero-order valence-electron chi connectivity index (χ0n) is 21.3. The molecule has 1 saturated heterocycles. The Balaban J connectivity index is 1.20. The minimum Gasteiger partial charge on any atom is -0.399 e. The molecule has 0 aliphatic carbocycles. The van der Waals surface area contributed by atoms with E-state index in [1.165, 1.54) is 0 Å². The molecule has 5 heterocycles. The van der Waals surface area contributed by atoms with E-state index in [9.17, 15) is 0 Å². The minimum absolute atomic E-state index is 0.110. The number of nitrogens with one attached hydrogen (secondary N) is 1. The van der Waals surface area contributed by atoms with Gasteiger partial charge in [0.25, 0.3) is 0 Å². The van der Waals surface area contributed by atoms with Gasteiger partial charge in [-0.15, -0.1) is 5.10 Å². The third-order valence-corrected chi connectivity index (χ3v) is 7.95. The van der Waals surface area contributed by atoms with E-state index in [2.05, 4.69) is 28.3 Å². The van der Waals surface area contributed by atoms with Gasteiger partial charge < -0.3 is 20.7 Å². The molecule has 0 bridgehead atoms. The number of hydrogen-bond acceptors (Lipinski definition) is 9. The van der Waals surface area contributed by atoms with Crippen molar-refractivity contribution in [1.82, 2.24) is 29.4 Å². The van der Waals surface area contributed by atoms with E-state index in [1.54, 1.807) is 11.3 Å². The van der Waals surface area contributed by atoms with Crippen molar-refractivity contribution in [2.24, 2.45) is 0 Å². The van der Waals surface area contributed by atoms with Gasteiger partial charge in [-0.25, -0.2) is 14.2 Å². The SMILES string of the molecule is CCOC(C)n1cc(-c2ccc3nc(N[C@@H]4CCCN(c5nc6cc(N)ccc6s5)C4)nn3c2C)cn1. The average Bonchev–Trinajstić information content (AvgIpc) is 3.63. The maximum atomic E-state index is 5.94. The molecule has 10 nitrogen and oxygen atoms in total. The second-order valence-electron chi connectivity index (χ2n) is 9.45. The van der Waals surface area contributed by atoms with Crippen LogP contribution in [0, 0.1) is 6.92 Å². The number of fused-ring (bicyclic) bond motifs is 2. The summed E-state index contributed by atoms with van der Waals surface area (Å²) in [6, 6.07) is 10.2. The Morgan fingerprint density at radius 3 is 3.00 bits per heavy atom. The lowest BCUT2D eigenvalue weighted by atomic mass is 10.1. The molecule has 11 heteroatoms. The summed E-state index contributed by atoms with van der Waals surface area (Å²) in [6.45, 7) is 8.52. The first kappa shape index (κ1) is 23.7. The Morgan fingerprint density at radius 1 is 1.24 bits per heavy atom. The number of anilines is 3. The maximum absolute atomic E-state index is 5.94. The van der Waals surface area contributed by atoms with Gasteiger partial charge in [0.15, 0.2) is 10.8 Å². The standard InChI is InChI=1S/C26H31N9OS/c1-4-36-17(3)34-14-18(13-28-34)21-8-10-24-31-25(32-35(24)16(21)2)29-20-6-5-11-33(15-20)26-30-22-12-19(27)7-9-23(22)37-26/h7-10,12-14,17,20H,4-6,11,15,27H2,1-3H3,(H,29,32)/t17?,20-/m1/s1. The van der Waals surface area contributed by atoms with Gasteiger partial charge >= 0.3 is 0 Å². The lowest BCUT2D eigenvalue weighted by Crippen LogP contribution is -2.42. The molecule has 192 valence electrons. The molecule has 0 radical (unpaired) electrons. The smallest absolute Gasteiger partial charge is 0.243 e. The zero-order chi connectivity index (χ0) is 25.5. The molecular formula is C26H31N9OS. The van der Waals surface area contributed by atoms with Crippen LogP contribution in [0.1, 0.15) is 38.6 Å². The number of hydrogen-bond donors (Lipinski definition) is 2. The summed E-state index contributed by atoms with van der Waals surface area (Å²) in [7, 11) is 0. The van der Waals surface area contributed by atoms with Gasteiger partial charge in [0, 0.05) is 54.4 Å². The highest BCUT2D eigenvalue weighted by atomic mass is 32.1. The number of nitrogens with two attached hydrogens (primary N) is 1. The van der Waals surface area contributed by atoms with Crippen LogP contribution in [-0.4, -0.2) is 55.1 Å². The largest absolute Gasteiger partial charge is 0.399 e. The molecule has 5 aromatic rings. The summed E-state index contributed by atoms with van der Waals surface area (Å²) in [4.78, 5) is 11.9. The quantitative estimate of drug-likeness (QED) is 0.298. The predicted octanol–water partition coefficient (Wildman–Crippen LogP) is 4.73. The van der Waals surface area contributed by atoms with Crippen molar-refractivity contribution in [3.8, 4) is 11.1 Å². The lowest BCUT2D eigenvalue weighted by Gasteiger charge is -2.32. The first-order valence-corrected chi connectivity index (χ1v) is 13.5. The summed E-state index contributed by atoms with van der Waals surface area (Å²) in [5.41, 5.74) is 11.6. The van der Waals surface area contributed by atoms with Crippen LogP contribution >= 0.6 is 11.3 Å². The molecule has 2 atom stereocenters. The normalized spacial score (nSPS) is 17.1. The number of thiazole rings is 1. The van der Waals surface area contributed by atoms with Crippen molar-refractivity contribution >= 4 is 44.0 Å². The molecule has 0 spiro atoms. The molecule has 1 unspecified atom stereocenters. The molecular weight excluding hydrogens is 486 g/mol. The highest BCUT2D eigenvalue weighted by molar-refractivity contribution is 7.22. The summed E-state index contributed by atoms with van der Waals surface area (Å²) < 4.78 is 10.6. The molecule has 6 rings (SSSR count). The molecule has 1 aliphatic heterocycles. The number of aryl methyl sites for hydroxylation is 1. The molecule has 1 aliphatic rings. The van der Waals surface area contributed by atoms with Gasteiger partial charge in [0.05, 0.1) is 16.4 Å². The fourth-order valence-electron chi connectivity index (χ4n) is 4.95. The molecule has 0 amide bonds. The Hall–Kier alpha value is -3.70. The second kappa shape index (κ2) is 9.64. The number of rotatable bonds is 7. The van der Waals surface area contributed by atoms with Gasteiger partial charge in [0.1, 0.15) is 6.23 Å². The van der Waals surface area contributed by atoms with E-state index < -0.39 is 0 Å². The molecule has 1 aromatic carbocycles. The van der Waals surface area contributed by atoms with Crippen LogP contribution in [0.4, 0.5) is 16.8 Å². The van der Waals surface area contributed by atoms with Gasteiger partial charge in [-0.3, -0.25) is 0 Å². The fourth-order valence-corrected chi connectivity index (χ4v) is 5.93. The van der Waals surface area contributed by atoms with Crippen molar-refractivity contribution < 1.29 is 4.74 Å². The third-order valence-electron chi connectivity index (χ3n) is 6.86. The molecule has 3 N–H and O–H groups in total. The van der Waals surface area contributed by atoms with Crippen molar-refractivity contribution in [3.63, 3.8) is 0 Å². The monoisotopic (exact) mass is 517 g/mol. The van der Waals surface area contributed by atoms with Crippen LogP contribution < -0.4 is 16.0 Å². The maximum Gasteiger partial charge on any atom is 0.243 e. The van der Waals surface area contributed by atoms with E-state index >= 15 is 0 Å². The number of nitrogen functional groups attached to an aromatic ring is 1.